The number of benzene rings is 1. The van der Waals surface area contributed by atoms with E-state index in [1.807, 2.05) is 18.7 Å². The van der Waals surface area contributed by atoms with Gasteiger partial charge >= 0.3 is 6.18 Å². The lowest BCUT2D eigenvalue weighted by Crippen LogP contribution is -2.36. The predicted molar refractivity (Wildman–Crippen MR) is 197 cm³/mol. The van der Waals surface area contributed by atoms with Gasteiger partial charge in [-0.05, 0) is 73.1 Å². The Hall–Kier alpha value is -2.53. The van der Waals surface area contributed by atoms with Gasteiger partial charge in [0.1, 0.15) is 12.7 Å². The van der Waals surface area contributed by atoms with E-state index in [1.165, 1.54) is 12.4 Å². The summed E-state index contributed by atoms with van der Waals surface area (Å²) in [5.41, 5.74) is 1.01. The number of hydrogen-bond donors (Lipinski definition) is 3. The second-order valence-corrected chi connectivity index (χ2v) is 15.0. The van der Waals surface area contributed by atoms with E-state index in [-0.39, 0.29) is 88.7 Å². The zero-order valence-electron chi connectivity index (χ0n) is 29.5. The minimum absolute atomic E-state index is 0. The number of halogens is 8. The molecule has 1 saturated carbocycles. The summed E-state index contributed by atoms with van der Waals surface area (Å²) in [6.07, 6.45) is -4.33. The van der Waals surface area contributed by atoms with Crippen LogP contribution in [-0.4, -0.2) is 68.6 Å². The van der Waals surface area contributed by atoms with Crippen LogP contribution in [0.5, 0.6) is 5.75 Å². The summed E-state index contributed by atoms with van der Waals surface area (Å²) in [5, 5.41) is 30.1. The Morgan fingerprint density at radius 1 is 0.943 bits per heavy atom. The summed E-state index contributed by atoms with van der Waals surface area (Å²) in [7, 11) is 0. The molecule has 0 radical (unpaired) electrons. The normalized spacial score (nSPS) is 21.5. The molecule has 3 atom stereocenters. The Kier molecular flexibility index (Phi) is 13.9. The molecule has 2 fully saturated rings. The van der Waals surface area contributed by atoms with Crippen molar-refractivity contribution in [3.63, 3.8) is 0 Å². The Balaban J connectivity index is 0.00000314. The van der Waals surface area contributed by atoms with Gasteiger partial charge in [-0.3, -0.25) is 4.98 Å². The first kappa shape index (κ1) is 43.2. The van der Waals surface area contributed by atoms with Crippen LogP contribution in [0.2, 0.25) is 0 Å². The Labute approximate surface area is 325 Å². The molecule has 2 aromatic heterocycles. The van der Waals surface area contributed by atoms with Gasteiger partial charge in [0, 0.05) is 48.7 Å². The molecule has 16 heteroatoms. The first-order valence-corrected chi connectivity index (χ1v) is 17.5. The number of fused-ring (bicyclic) bond motifs is 1. The number of alkyl halides is 6. The SMILES string of the molecule is Br.Br.CC1(C)Cc2nc(C3CCN(c4ncc(OC[C@H](O)CO)cn4)CC3)c([C@@H](F)c3ccc(C(F)(F)F)cc3)c(C3CCC(F)(F)CC3)c2[C@@H](O)C1. The van der Waals surface area contributed by atoms with E-state index < -0.39 is 48.6 Å². The molecule has 3 heterocycles. The molecule has 53 heavy (non-hydrogen) atoms. The molecule has 0 amide bonds. The molecule has 3 aliphatic rings. The molecule has 6 rings (SSSR count). The second kappa shape index (κ2) is 17.1. The quantitative estimate of drug-likeness (QED) is 0.184. The number of aliphatic hydroxyl groups excluding tert-OH is 3. The highest BCUT2D eigenvalue weighted by Crippen LogP contribution is 2.52. The number of rotatable bonds is 9. The summed E-state index contributed by atoms with van der Waals surface area (Å²) < 4.78 is 91.8. The third-order valence-corrected chi connectivity index (χ3v) is 10.5. The van der Waals surface area contributed by atoms with Crippen molar-refractivity contribution in [3.05, 3.63) is 75.9 Å². The van der Waals surface area contributed by atoms with Crippen LogP contribution >= 0.6 is 34.0 Å². The molecule has 1 aromatic carbocycles. The molecule has 1 saturated heterocycles. The lowest BCUT2D eigenvalue weighted by Gasteiger charge is -2.41. The van der Waals surface area contributed by atoms with E-state index in [9.17, 15) is 32.2 Å². The third-order valence-electron chi connectivity index (χ3n) is 10.5. The largest absolute Gasteiger partial charge is 0.488 e. The van der Waals surface area contributed by atoms with Crippen molar-refractivity contribution in [2.24, 2.45) is 5.41 Å². The number of pyridine rings is 1. The molecule has 3 N–H and O–H groups in total. The molecule has 0 spiro atoms. The lowest BCUT2D eigenvalue weighted by atomic mass is 9.68. The first-order chi connectivity index (χ1) is 24.0. The summed E-state index contributed by atoms with van der Waals surface area (Å²) in [6, 6.07) is 3.92. The van der Waals surface area contributed by atoms with Gasteiger partial charge in [-0.1, -0.05) is 26.0 Å². The van der Waals surface area contributed by atoms with Crippen LogP contribution in [0, 0.1) is 5.41 Å². The van der Waals surface area contributed by atoms with Gasteiger partial charge in [0.2, 0.25) is 11.9 Å². The highest BCUT2D eigenvalue weighted by molar-refractivity contribution is 8.93. The van der Waals surface area contributed by atoms with Crippen molar-refractivity contribution >= 4 is 39.9 Å². The maximum absolute atomic E-state index is 17.2. The number of hydrogen-bond acceptors (Lipinski definition) is 8. The average Bonchev–Trinajstić information content (AvgIpc) is 3.09. The van der Waals surface area contributed by atoms with Gasteiger partial charge in [0.25, 0.3) is 0 Å². The van der Waals surface area contributed by atoms with E-state index in [4.69, 9.17) is 14.8 Å². The summed E-state index contributed by atoms with van der Waals surface area (Å²) in [5.74, 6) is -2.85. The van der Waals surface area contributed by atoms with Crippen LogP contribution in [0.1, 0.15) is 122 Å². The van der Waals surface area contributed by atoms with Crippen LogP contribution < -0.4 is 9.64 Å². The second-order valence-electron chi connectivity index (χ2n) is 15.0. The standard InChI is InChI=1S/C37H44F6N4O4.2BrH/c1-35(2)15-27-30(28(50)16-35)29(21-7-11-36(39,40)12-8-21)31(32(38)22-3-5-24(6-4-22)37(41,42)43)33(46-27)23-9-13-47(14-10-23)34-44-17-26(18-45-34)51-20-25(49)19-48;;/h3-6,17-18,21,23,25,28,32,48-50H,7-16,19-20H2,1-2H3;2*1H/t25-,28+,32+;;/m1../s1. The Morgan fingerprint density at radius 2 is 1.55 bits per heavy atom. The molecule has 8 nitrogen and oxygen atoms in total. The van der Waals surface area contributed by atoms with Gasteiger partial charge in [0.05, 0.1) is 36.4 Å². The highest BCUT2D eigenvalue weighted by Gasteiger charge is 2.44. The maximum Gasteiger partial charge on any atom is 0.416 e. The van der Waals surface area contributed by atoms with Crippen molar-refractivity contribution in [1.29, 1.82) is 0 Å². The fraction of sp³-hybridized carbons (Fsp3) is 0.595. The van der Waals surface area contributed by atoms with Crippen LogP contribution in [0.15, 0.2) is 36.7 Å². The van der Waals surface area contributed by atoms with Crippen molar-refractivity contribution < 1.29 is 46.4 Å². The Bertz CT molecular complexity index is 1670. The molecular formula is C37H46Br2F6N4O4. The monoisotopic (exact) mass is 882 g/mol. The maximum atomic E-state index is 17.2. The minimum Gasteiger partial charge on any atom is -0.488 e. The number of aromatic nitrogens is 3. The van der Waals surface area contributed by atoms with Crippen molar-refractivity contribution in [3.8, 4) is 5.75 Å². The van der Waals surface area contributed by atoms with E-state index >= 15 is 4.39 Å². The summed E-state index contributed by atoms with van der Waals surface area (Å²) in [6.45, 7) is 4.41. The van der Waals surface area contributed by atoms with Crippen LogP contribution in [0.4, 0.5) is 32.3 Å². The van der Waals surface area contributed by atoms with Gasteiger partial charge in [-0.25, -0.2) is 23.1 Å². The van der Waals surface area contributed by atoms with Crippen LogP contribution in [0.25, 0.3) is 0 Å². The van der Waals surface area contributed by atoms with Gasteiger partial charge in [-0.15, -0.1) is 34.0 Å². The van der Waals surface area contributed by atoms with E-state index in [0.717, 1.165) is 24.3 Å². The summed E-state index contributed by atoms with van der Waals surface area (Å²) >= 11 is 0. The predicted octanol–water partition coefficient (Wildman–Crippen LogP) is 8.52. The zero-order valence-corrected chi connectivity index (χ0v) is 32.9. The molecular weight excluding hydrogens is 838 g/mol. The topological polar surface area (TPSA) is 112 Å². The van der Waals surface area contributed by atoms with E-state index in [2.05, 4.69) is 9.97 Å². The van der Waals surface area contributed by atoms with Crippen LogP contribution in [0.3, 0.4) is 0 Å². The van der Waals surface area contributed by atoms with Crippen molar-refractivity contribution in [1.82, 2.24) is 15.0 Å². The van der Waals surface area contributed by atoms with Gasteiger partial charge in [-0.2, -0.15) is 13.2 Å². The molecule has 0 bridgehead atoms. The highest BCUT2D eigenvalue weighted by atomic mass is 79.9. The number of anilines is 1. The molecule has 2 aliphatic carbocycles. The number of nitrogens with zero attached hydrogens (tertiary/aromatic N) is 4. The smallest absolute Gasteiger partial charge is 0.416 e. The summed E-state index contributed by atoms with van der Waals surface area (Å²) in [4.78, 5) is 15.8. The number of ether oxygens (including phenoxy) is 1. The van der Waals surface area contributed by atoms with Gasteiger partial charge < -0.3 is 25.0 Å². The third kappa shape index (κ3) is 9.83. The van der Waals surface area contributed by atoms with Crippen molar-refractivity contribution in [2.45, 2.75) is 108 Å². The first-order valence-electron chi connectivity index (χ1n) is 17.5. The molecule has 3 aromatic rings. The molecule has 1 aliphatic heterocycles. The van der Waals surface area contributed by atoms with Crippen LogP contribution in [-0.2, 0) is 12.6 Å². The van der Waals surface area contributed by atoms with Crippen molar-refractivity contribution in [2.75, 3.05) is 31.2 Å². The molecule has 294 valence electrons. The van der Waals surface area contributed by atoms with E-state index in [1.54, 1.807) is 0 Å². The van der Waals surface area contributed by atoms with Gasteiger partial charge in [0.15, 0.2) is 11.9 Å². The van der Waals surface area contributed by atoms with E-state index in [0.29, 0.717) is 73.0 Å². The molecule has 0 unspecified atom stereocenters. The average molecular weight is 885 g/mol. The number of aliphatic hydroxyl groups is 3. The Morgan fingerprint density at radius 3 is 2.11 bits per heavy atom. The fourth-order valence-electron chi connectivity index (χ4n) is 7.86. The zero-order chi connectivity index (χ0) is 36.7. The number of piperidine rings is 1. The minimum atomic E-state index is -4.61. The fourth-order valence-corrected chi connectivity index (χ4v) is 7.86. The lowest BCUT2D eigenvalue weighted by molar-refractivity contribution is -0.137.